The van der Waals surface area contributed by atoms with Gasteiger partial charge in [0, 0.05) is 9.75 Å². The zero-order chi connectivity index (χ0) is 15.8. The van der Waals surface area contributed by atoms with Crippen molar-refractivity contribution >= 4 is 33.0 Å². The number of hydrogen-bond acceptors (Lipinski definition) is 4. The Morgan fingerprint density at radius 2 is 1.86 bits per heavy atom. The number of sulfonamides is 1. The minimum atomic E-state index is -3.67. The monoisotopic (exact) mass is 325 g/mol. The third kappa shape index (κ3) is 3.25. The van der Waals surface area contributed by atoms with Crippen LogP contribution in [0, 0.1) is 20.8 Å². The molecule has 112 valence electrons. The van der Waals surface area contributed by atoms with Crippen LogP contribution in [-0.2, 0) is 10.0 Å². The molecule has 0 radical (unpaired) electrons. The Morgan fingerprint density at radius 1 is 1.19 bits per heavy atom. The van der Waals surface area contributed by atoms with Crippen LogP contribution in [0.1, 0.15) is 25.7 Å². The van der Waals surface area contributed by atoms with Crippen LogP contribution in [0.4, 0.5) is 5.69 Å². The van der Waals surface area contributed by atoms with E-state index in [2.05, 4.69) is 4.72 Å². The summed E-state index contributed by atoms with van der Waals surface area (Å²) in [6, 6.07) is 5.90. The maximum Gasteiger partial charge on any atom is 0.335 e. The molecule has 7 heteroatoms. The molecule has 0 aliphatic heterocycles. The molecule has 1 aromatic carbocycles. The Kier molecular flexibility index (Phi) is 4.06. The fourth-order valence-electron chi connectivity index (χ4n) is 1.99. The highest BCUT2D eigenvalue weighted by Gasteiger charge is 2.20. The summed E-state index contributed by atoms with van der Waals surface area (Å²) in [7, 11) is -3.67. The lowest BCUT2D eigenvalue weighted by molar-refractivity contribution is 0.0697. The molecular weight excluding hydrogens is 310 g/mol. The van der Waals surface area contributed by atoms with E-state index >= 15 is 0 Å². The number of carboxylic acid groups (broad SMARTS) is 1. The van der Waals surface area contributed by atoms with Crippen molar-refractivity contribution in [1.82, 2.24) is 0 Å². The minimum Gasteiger partial charge on any atom is -0.478 e. The van der Waals surface area contributed by atoms with Crippen LogP contribution in [0.5, 0.6) is 0 Å². The van der Waals surface area contributed by atoms with Gasteiger partial charge < -0.3 is 5.11 Å². The summed E-state index contributed by atoms with van der Waals surface area (Å²) in [6.07, 6.45) is 0. The number of rotatable bonds is 4. The summed E-state index contributed by atoms with van der Waals surface area (Å²) in [6.45, 7) is 5.27. The Bertz CT molecular complexity index is 806. The zero-order valence-corrected chi connectivity index (χ0v) is 13.4. The van der Waals surface area contributed by atoms with Crippen LogP contribution in [0.3, 0.4) is 0 Å². The predicted octanol–water partition coefficient (Wildman–Crippen LogP) is 3.17. The van der Waals surface area contributed by atoms with Crippen molar-refractivity contribution in [3.05, 3.63) is 45.1 Å². The Balaban J connectivity index is 2.37. The van der Waals surface area contributed by atoms with Gasteiger partial charge in [0.25, 0.3) is 10.0 Å². The second-order valence-corrected chi connectivity index (χ2v) is 7.83. The van der Waals surface area contributed by atoms with Crippen LogP contribution in [0.15, 0.2) is 29.2 Å². The Hall–Kier alpha value is -1.86. The molecule has 21 heavy (non-hydrogen) atoms. The maximum atomic E-state index is 12.4. The van der Waals surface area contributed by atoms with E-state index in [-0.39, 0.29) is 10.5 Å². The average Bonchev–Trinajstić information content (AvgIpc) is 2.71. The molecule has 0 bridgehead atoms. The number of hydrogen-bond donors (Lipinski definition) is 2. The molecule has 0 aliphatic carbocycles. The van der Waals surface area contributed by atoms with Gasteiger partial charge in [-0.25, -0.2) is 13.2 Å². The number of anilines is 1. The van der Waals surface area contributed by atoms with Gasteiger partial charge in [0.05, 0.1) is 11.3 Å². The van der Waals surface area contributed by atoms with Crippen LogP contribution in [0.25, 0.3) is 0 Å². The van der Waals surface area contributed by atoms with Gasteiger partial charge in [-0.15, -0.1) is 11.3 Å². The van der Waals surface area contributed by atoms with Crippen molar-refractivity contribution in [3.8, 4) is 0 Å². The maximum absolute atomic E-state index is 12.4. The summed E-state index contributed by atoms with van der Waals surface area (Å²) < 4.78 is 27.3. The number of carboxylic acids is 1. The van der Waals surface area contributed by atoms with Crippen LogP contribution in [-0.4, -0.2) is 19.5 Å². The lowest BCUT2D eigenvalue weighted by Gasteiger charge is -2.11. The van der Waals surface area contributed by atoms with Gasteiger partial charge in [0.2, 0.25) is 0 Å². The second-order valence-electron chi connectivity index (χ2n) is 4.72. The smallest absolute Gasteiger partial charge is 0.335 e. The number of aromatic carboxylic acids is 1. The van der Waals surface area contributed by atoms with E-state index in [0.717, 1.165) is 9.75 Å². The molecule has 0 saturated heterocycles. The molecule has 2 aromatic rings. The molecule has 5 nitrogen and oxygen atoms in total. The van der Waals surface area contributed by atoms with Gasteiger partial charge in [-0.1, -0.05) is 0 Å². The lowest BCUT2D eigenvalue weighted by atomic mass is 10.1. The Morgan fingerprint density at radius 3 is 2.33 bits per heavy atom. The highest BCUT2D eigenvalue weighted by atomic mass is 32.2. The SMILES string of the molecule is Cc1cc(S(=O)(=O)Nc2ccc(C(=O)O)cc2C)c(C)s1. The van der Waals surface area contributed by atoms with Gasteiger partial charge in [-0.05, 0) is 50.6 Å². The fraction of sp³-hybridized carbons (Fsp3) is 0.214. The highest BCUT2D eigenvalue weighted by Crippen LogP contribution is 2.27. The third-order valence-corrected chi connectivity index (χ3v) is 5.59. The van der Waals surface area contributed by atoms with E-state index in [1.165, 1.54) is 29.5 Å². The van der Waals surface area contributed by atoms with Crippen molar-refractivity contribution in [2.45, 2.75) is 25.7 Å². The van der Waals surface area contributed by atoms with E-state index in [1.807, 2.05) is 6.92 Å². The first-order valence-electron chi connectivity index (χ1n) is 6.14. The summed E-state index contributed by atoms with van der Waals surface area (Å²) in [5.74, 6) is -1.04. The molecule has 0 atom stereocenters. The summed E-state index contributed by atoms with van der Waals surface area (Å²) in [5, 5.41) is 8.91. The number of nitrogens with one attached hydrogen (secondary N) is 1. The quantitative estimate of drug-likeness (QED) is 0.904. The third-order valence-electron chi connectivity index (χ3n) is 3.00. The second kappa shape index (κ2) is 5.50. The first-order valence-corrected chi connectivity index (χ1v) is 8.44. The number of aryl methyl sites for hydroxylation is 3. The highest BCUT2D eigenvalue weighted by molar-refractivity contribution is 7.93. The number of carbonyl (C=O) groups is 1. The summed E-state index contributed by atoms with van der Waals surface area (Å²) in [4.78, 5) is 12.8. The van der Waals surface area contributed by atoms with Crippen molar-refractivity contribution in [3.63, 3.8) is 0 Å². The van der Waals surface area contributed by atoms with Crippen molar-refractivity contribution in [2.24, 2.45) is 0 Å². The van der Waals surface area contributed by atoms with Gasteiger partial charge in [0.15, 0.2) is 0 Å². The van der Waals surface area contributed by atoms with Crippen LogP contribution >= 0.6 is 11.3 Å². The molecule has 0 aliphatic rings. The van der Waals surface area contributed by atoms with Crippen molar-refractivity contribution in [2.75, 3.05) is 4.72 Å². The van der Waals surface area contributed by atoms with Gasteiger partial charge in [-0.3, -0.25) is 4.72 Å². The van der Waals surface area contributed by atoms with E-state index in [0.29, 0.717) is 11.3 Å². The lowest BCUT2D eigenvalue weighted by Crippen LogP contribution is -2.14. The van der Waals surface area contributed by atoms with Gasteiger partial charge in [0.1, 0.15) is 4.90 Å². The van der Waals surface area contributed by atoms with E-state index in [1.54, 1.807) is 19.9 Å². The molecule has 0 saturated carbocycles. The zero-order valence-electron chi connectivity index (χ0n) is 11.8. The first kappa shape index (κ1) is 15.5. The van der Waals surface area contributed by atoms with Gasteiger partial charge in [-0.2, -0.15) is 0 Å². The molecule has 1 heterocycles. The molecule has 0 spiro atoms. The standard InChI is InChI=1S/C14H15NO4S2/c1-8-6-11(14(16)17)4-5-12(8)15-21(18,19)13-7-9(2)20-10(13)3/h4-7,15H,1-3H3,(H,16,17). The molecular formula is C14H15NO4S2. The van der Waals surface area contributed by atoms with Gasteiger partial charge >= 0.3 is 5.97 Å². The predicted molar refractivity (Wildman–Crippen MR) is 82.7 cm³/mol. The molecule has 1 aromatic heterocycles. The van der Waals surface area contributed by atoms with E-state index < -0.39 is 16.0 Å². The van der Waals surface area contributed by atoms with Crippen LogP contribution in [0.2, 0.25) is 0 Å². The molecule has 0 unspecified atom stereocenters. The van der Waals surface area contributed by atoms with E-state index in [4.69, 9.17) is 5.11 Å². The van der Waals surface area contributed by atoms with Crippen LogP contribution < -0.4 is 4.72 Å². The molecule has 0 amide bonds. The number of benzene rings is 1. The normalized spacial score (nSPS) is 11.4. The fourth-order valence-corrected chi connectivity index (χ4v) is 4.67. The minimum absolute atomic E-state index is 0.123. The molecule has 2 rings (SSSR count). The first-order chi connectivity index (χ1) is 9.70. The Labute approximate surface area is 127 Å². The average molecular weight is 325 g/mol. The summed E-state index contributed by atoms with van der Waals surface area (Å²) >= 11 is 1.42. The van der Waals surface area contributed by atoms with Crippen molar-refractivity contribution < 1.29 is 18.3 Å². The largest absolute Gasteiger partial charge is 0.478 e. The number of thiophene rings is 1. The molecule has 2 N–H and O–H groups in total. The van der Waals surface area contributed by atoms with E-state index in [9.17, 15) is 13.2 Å². The molecule has 0 fully saturated rings. The summed E-state index contributed by atoms with van der Waals surface area (Å²) in [5.41, 5.74) is 1.06. The van der Waals surface area contributed by atoms with Crippen molar-refractivity contribution in [1.29, 1.82) is 0 Å². The topological polar surface area (TPSA) is 83.5 Å².